The predicted molar refractivity (Wildman–Crippen MR) is 72.9 cm³/mol. The van der Waals surface area contributed by atoms with Crippen LogP contribution in [0.5, 0.6) is 0 Å². The Bertz CT molecular complexity index is 727. The third-order valence-corrected chi connectivity index (χ3v) is 5.10. The van der Waals surface area contributed by atoms with Crippen LogP contribution in [0.3, 0.4) is 0 Å². The summed E-state index contributed by atoms with van der Waals surface area (Å²) in [6, 6.07) is 6.05. The molecular formula is C10H8ClN3O3S2. The molecule has 3 N–H and O–H groups in total. The minimum absolute atomic E-state index is 0.0447. The van der Waals surface area contributed by atoms with Crippen LogP contribution in [0.15, 0.2) is 34.7 Å². The molecule has 0 radical (unpaired) electrons. The Hall–Kier alpha value is -1.64. The average molecular weight is 318 g/mol. The van der Waals surface area contributed by atoms with E-state index in [1.165, 1.54) is 12.1 Å². The number of anilines is 1. The SMILES string of the molecule is NC(=O)c1ccccc1NS(=O)(=O)c1cnc(Cl)s1. The van der Waals surface area contributed by atoms with Crippen molar-refractivity contribution in [1.29, 1.82) is 0 Å². The third-order valence-electron chi connectivity index (χ3n) is 2.16. The van der Waals surface area contributed by atoms with Gasteiger partial charge in [-0.2, -0.15) is 0 Å². The van der Waals surface area contributed by atoms with Crippen molar-refractivity contribution in [2.45, 2.75) is 4.21 Å². The van der Waals surface area contributed by atoms with Gasteiger partial charge in [-0.3, -0.25) is 9.52 Å². The van der Waals surface area contributed by atoms with Gasteiger partial charge >= 0.3 is 0 Å². The van der Waals surface area contributed by atoms with Gasteiger partial charge in [0.05, 0.1) is 17.4 Å². The van der Waals surface area contributed by atoms with E-state index >= 15 is 0 Å². The van der Waals surface area contributed by atoms with Crippen LogP contribution in [-0.2, 0) is 10.0 Å². The van der Waals surface area contributed by atoms with Crippen LogP contribution < -0.4 is 10.5 Å². The van der Waals surface area contributed by atoms with Gasteiger partial charge < -0.3 is 5.73 Å². The van der Waals surface area contributed by atoms with Gasteiger partial charge in [-0.25, -0.2) is 13.4 Å². The molecule has 0 saturated carbocycles. The highest BCUT2D eigenvalue weighted by Gasteiger charge is 2.20. The standard InChI is InChI=1S/C10H8ClN3O3S2/c11-10-13-5-8(18-10)19(16,17)14-7-4-2-1-3-6(7)9(12)15/h1-5,14H,(H2,12,15). The van der Waals surface area contributed by atoms with Crippen molar-refractivity contribution < 1.29 is 13.2 Å². The fourth-order valence-electron chi connectivity index (χ4n) is 1.35. The number of amides is 1. The fraction of sp³-hybridized carbons (Fsp3) is 0. The second-order valence-corrected chi connectivity index (χ2v) is 6.97. The lowest BCUT2D eigenvalue weighted by molar-refractivity contribution is 0.100. The molecule has 1 aromatic carbocycles. The van der Waals surface area contributed by atoms with E-state index in [1.807, 2.05) is 0 Å². The Morgan fingerprint density at radius 1 is 1.37 bits per heavy atom. The van der Waals surface area contributed by atoms with Gasteiger partial charge in [0, 0.05) is 0 Å². The van der Waals surface area contributed by atoms with Crippen LogP contribution in [0, 0.1) is 0 Å². The van der Waals surface area contributed by atoms with E-state index in [0.29, 0.717) is 0 Å². The van der Waals surface area contributed by atoms with Crippen molar-refractivity contribution in [3.05, 3.63) is 40.5 Å². The number of halogens is 1. The van der Waals surface area contributed by atoms with Gasteiger partial charge in [0.2, 0.25) is 0 Å². The number of carbonyl (C=O) groups excluding carboxylic acids is 1. The molecule has 2 aromatic rings. The lowest BCUT2D eigenvalue weighted by Gasteiger charge is -2.08. The number of thiazole rings is 1. The summed E-state index contributed by atoms with van der Waals surface area (Å²) < 4.78 is 26.4. The second kappa shape index (κ2) is 5.16. The van der Waals surface area contributed by atoms with Crippen LogP contribution in [-0.4, -0.2) is 19.3 Å². The van der Waals surface area contributed by atoms with Crippen LogP contribution in [0.2, 0.25) is 4.47 Å². The largest absolute Gasteiger partial charge is 0.366 e. The van der Waals surface area contributed by atoms with Crippen LogP contribution in [0.25, 0.3) is 0 Å². The molecule has 2 rings (SSSR count). The van der Waals surface area contributed by atoms with Crippen molar-refractivity contribution in [3.63, 3.8) is 0 Å². The van der Waals surface area contributed by atoms with Crippen molar-refractivity contribution in [2.24, 2.45) is 5.73 Å². The molecule has 6 nitrogen and oxygen atoms in total. The van der Waals surface area contributed by atoms with Crippen molar-refractivity contribution in [2.75, 3.05) is 4.72 Å². The van der Waals surface area contributed by atoms with Gasteiger partial charge in [-0.15, -0.1) is 0 Å². The summed E-state index contributed by atoms with van der Waals surface area (Å²) in [4.78, 5) is 14.9. The number of para-hydroxylation sites is 1. The molecule has 1 aromatic heterocycles. The summed E-state index contributed by atoms with van der Waals surface area (Å²) >= 11 is 6.41. The first kappa shape index (κ1) is 13.8. The van der Waals surface area contributed by atoms with Crippen molar-refractivity contribution in [1.82, 2.24) is 4.98 Å². The number of nitrogens with zero attached hydrogens (tertiary/aromatic N) is 1. The van der Waals surface area contributed by atoms with Gasteiger partial charge in [0.1, 0.15) is 0 Å². The number of aromatic nitrogens is 1. The second-order valence-electron chi connectivity index (χ2n) is 3.45. The lowest BCUT2D eigenvalue weighted by atomic mass is 10.2. The maximum Gasteiger partial charge on any atom is 0.273 e. The Morgan fingerprint density at radius 2 is 2.05 bits per heavy atom. The number of hydrogen-bond donors (Lipinski definition) is 2. The zero-order chi connectivity index (χ0) is 14.0. The lowest BCUT2D eigenvalue weighted by Crippen LogP contribution is -2.18. The molecule has 0 unspecified atom stereocenters. The molecule has 1 amide bonds. The highest BCUT2D eigenvalue weighted by molar-refractivity contribution is 7.94. The summed E-state index contributed by atoms with van der Waals surface area (Å²) in [5, 5.41) is 0. The topological polar surface area (TPSA) is 102 Å². The highest BCUT2D eigenvalue weighted by atomic mass is 35.5. The predicted octanol–water partition coefficient (Wildman–Crippen LogP) is 1.70. The van der Waals surface area contributed by atoms with Crippen LogP contribution in [0.4, 0.5) is 5.69 Å². The molecule has 0 fully saturated rings. The number of nitrogens with one attached hydrogen (secondary N) is 1. The van der Waals surface area contributed by atoms with E-state index in [2.05, 4.69) is 9.71 Å². The van der Waals surface area contributed by atoms with Crippen LogP contribution >= 0.6 is 22.9 Å². The van der Waals surface area contributed by atoms with Gasteiger partial charge in [-0.05, 0) is 12.1 Å². The van der Waals surface area contributed by atoms with Crippen LogP contribution in [0.1, 0.15) is 10.4 Å². The Morgan fingerprint density at radius 3 is 2.63 bits per heavy atom. The molecule has 0 spiro atoms. The molecule has 0 aliphatic heterocycles. The Kier molecular flexibility index (Phi) is 3.74. The minimum atomic E-state index is -3.83. The number of benzene rings is 1. The van der Waals surface area contributed by atoms with Gasteiger partial charge in [-0.1, -0.05) is 35.1 Å². The summed E-state index contributed by atoms with van der Waals surface area (Å²) in [6.07, 6.45) is 1.14. The van der Waals surface area contributed by atoms with E-state index < -0.39 is 15.9 Å². The minimum Gasteiger partial charge on any atom is -0.366 e. The number of rotatable bonds is 4. The summed E-state index contributed by atoms with van der Waals surface area (Å²) in [6.45, 7) is 0. The van der Waals surface area contributed by atoms with E-state index in [-0.39, 0.29) is 19.9 Å². The zero-order valence-corrected chi connectivity index (χ0v) is 11.7. The van der Waals surface area contributed by atoms with Gasteiger partial charge in [0.15, 0.2) is 8.68 Å². The first-order chi connectivity index (χ1) is 8.90. The molecule has 19 heavy (non-hydrogen) atoms. The average Bonchev–Trinajstić information content (AvgIpc) is 2.76. The van der Waals surface area contributed by atoms with Crippen molar-refractivity contribution >= 4 is 44.6 Å². The van der Waals surface area contributed by atoms with Crippen molar-refractivity contribution in [3.8, 4) is 0 Å². The monoisotopic (exact) mass is 317 g/mol. The third kappa shape index (κ3) is 3.03. The maximum absolute atomic E-state index is 12.0. The molecule has 100 valence electrons. The molecule has 0 bridgehead atoms. The maximum atomic E-state index is 12.0. The molecule has 9 heteroatoms. The first-order valence-corrected chi connectivity index (χ1v) is 7.61. The van der Waals surface area contributed by atoms with Gasteiger partial charge in [0.25, 0.3) is 15.9 Å². The molecule has 1 heterocycles. The Labute approximate surface area is 118 Å². The summed E-state index contributed by atoms with van der Waals surface area (Å²) in [5.74, 6) is -0.722. The normalized spacial score (nSPS) is 11.2. The fourth-order valence-corrected chi connectivity index (χ4v) is 3.72. The molecule has 0 atom stereocenters. The smallest absolute Gasteiger partial charge is 0.273 e. The summed E-state index contributed by atoms with van der Waals surface area (Å²) in [5.41, 5.74) is 5.37. The molecule has 0 aliphatic rings. The Balaban J connectivity index is 2.39. The highest BCUT2D eigenvalue weighted by Crippen LogP contribution is 2.25. The van der Waals surface area contributed by atoms with E-state index in [4.69, 9.17) is 17.3 Å². The van der Waals surface area contributed by atoms with E-state index in [9.17, 15) is 13.2 Å². The number of carbonyl (C=O) groups is 1. The first-order valence-electron chi connectivity index (χ1n) is 4.93. The number of hydrogen-bond acceptors (Lipinski definition) is 5. The molecule has 0 aliphatic carbocycles. The van der Waals surface area contributed by atoms with E-state index in [0.717, 1.165) is 17.5 Å². The number of sulfonamides is 1. The number of primary amides is 1. The summed E-state index contributed by atoms with van der Waals surface area (Å²) in [7, 11) is -3.83. The molecule has 0 saturated heterocycles. The quantitative estimate of drug-likeness (QED) is 0.895. The zero-order valence-electron chi connectivity index (χ0n) is 9.33. The molecular weight excluding hydrogens is 310 g/mol. The number of nitrogens with two attached hydrogens (primary N) is 1. The van der Waals surface area contributed by atoms with E-state index in [1.54, 1.807) is 12.1 Å².